The van der Waals surface area contributed by atoms with Crippen molar-refractivity contribution in [2.45, 2.75) is 19.4 Å². The molecule has 2 aromatic rings. The zero-order valence-corrected chi connectivity index (χ0v) is 15.1. The maximum Gasteiger partial charge on any atom is 0.335 e. The number of hydrogen-bond donors (Lipinski definition) is 2. The molecule has 1 aliphatic heterocycles. The molecule has 0 saturated heterocycles. The number of nitrogens with zero attached hydrogens (tertiary/aromatic N) is 1. The van der Waals surface area contributed by atoms with Gasteiger partial charge in [0.1, 0.15) is 0 Å². The first-order chi connectivity index (χ1) is 12.9. The summed E-state index contributed by atoms with van der Waals surface area (Å²) < 4.78 is 5.05. The highest BCUT2D eigenvalue weighted by Crippen LogP contribution is 2.28. The van der Waals surface area contributed by atoms with Gasteiger partial charge in [0.05, 0.1) is 12.2 Å². The molecule has 3 rings (SSSR count). The lowest BCUT2D eigenvalue weighted by Crippen LogP contribution is -2.31. The van der Waals surface area contributed by atoms with E-state index in [2.05, 4.69) is 5.32 Å². The molecule has 0 aliphatic carbocycles. The lowest BCUT2D eigenvalue weighted by Gasteiger charge is -2.26. The maximum atomic E-state index is 12.6. The van der Waals surface area contributed by atoms with Crippen molar-refractivity contribution in [3.05, 3.63) is 58.7 Å². The second kappa shape index (κ2) is 7.59. The van der Waals surface area contributed by atoms with Gasteiger partial charge in [-0.05, 0) is 53.9 Å². The van der Waals surface area contributed by atoms with Crippen molar-refractivity contribution in [1.82, 2.24) is 0 Å². The van der Waals surface area contributed by atoms with E-state index in [-0.39, 0.29) is 24.0 Å². The van der Waals surface area contributed by atoms with Crippen molar-refractivity contribution in [2.75, 3.05) is 24.4 Å². The molecular formula is C20H20N2O5. The third-order valence-electron chi connectivity index (χ3n) is 4.49. The van der Waals surface area contributed by atoms with Crippen molar-refractivity contribution in [3.8, 4) is 0 Å². The van der Waals surface area contributed by atoms with Crippen LogP contribution in [0.2, 0.25) is 0 Å². The van der Waals surface area contributed by atoms with Crippen LogP contribution in [0.5, 0.6) is 0 Å². The van der Waals surface area contributed by atoms with Crippen LogP contribution in [0.3, 0.4) is 0 Å². The number of hydrogen-bond acceptors (Lipinski definition) is 4. The van der Waals surface area contributed by atoms with Crippen molar-refractivity contribution in [2.24, 2.45) is 0 Å². The molecular weight excluding hydrogens is 348 g/mol. The van der Waals surface area contributed by atoms with Gasteiger partial charge in [-0.2, -0.15) is 0 Å². The minimum absolute atomic E-state index is 0.0517. The number of rotatable bonds is 5. The van der Waals surface area contributed by atoms with Crippen LogP contribution in [0, 0.1) is 0 Å². The number of fused-ring (bicyclic) bond motifs is 1. The summed E-state index contributed by atoms with van der Waals surface area (Å²) in [4.78, 5) is 37.3. The number of ether oxygens (including phenoxy) is 1. The van der Waals surface area contributed by atoms with Crippen LogP contribution in [0.15, 0.2) is 36.4 Å². The summed E-state index contributed by atoms with van der Waals surface area (Å²) in [5.74, 6) is -1.37. The first kappa shape index (κ1) is 18.6. The van der Waals surface area contributed by atoms with Gasteiger partial charge in [0.2, 0.25) is 5.91 Å². The van der Waals surface area contributed by atoms with Gasteiger partial charge in [-0.3, -0.25) is 9.59 Å². The molecule has 0 atom stereocenters. The van der Waals surface area contributed by atoms with Crippen LogP contribution in [-0.4, -0.2) is 37.0 Å². The molecule has 7 nitrogen and oxygen atoms in total. The molecule has 0 aromatic heterocycles. The molecule has 1 aliphatic rings. The molecule has 1 heterocycles. The lowest BCUT2D eigenvalue weighted by atomic mass is 9.99. The van der Waals surface area contributed by atoms with E-state index < -0.39 is 5.97 Å². The summed E-state index contributed by atoms with van der Waals surface area (Å²) in [6, 6.07) is 9.77. The summed E-state index contributed by atoms with van der Waals surface area (Å²) in [5.41, 5.74) is 3.30. The summed E-state index contributed by atoms with van der Waals surface area (Å²) in [7, 11) is 3.23. The molecule has 7 heteroatoms. The Morgan fingerprint density at radius 2 is 1.93 bits per heavy atom. The molecule has 0 saturated carbocycles. The number of carboxylic acid groups (broad SMARTS) is 1. The lowest BCUT2D eigenvalue weighted by molar-refractivity contribution is -0.118. The Kier molecular flexibility index (Phi) is 5.23. The smallest absolute Gasteiger partial charge is 0.335 e. The Morgan fingerprint density at radius 3 is 2.63 bits per heavy atom. The topological polar surface area (TPSA) is 95.9 Å². The quantitative estimate of drug-likeness (QED) is 0.846. The van der Waals surface area contributed by atoms with Crippen molar-refractivity contribution in [3.63, 3.8) is 0 Å². The van der Waals surface area contributed by atoms with Crippen molar-refractivity contribution < 1.29 is 24.2 Å². The Labute approximate surface area is 156 Å². The Morgan fingerprint density at radius 1 is 1.15 bits per heavy atom. The third-order valence-corrected chi connectivity index (χ3v) is 4.49. The molecule has 140 valence electrons. The number of aryl methyl sites for hydroxylation is 1. The van der Waals surface area contributed by atoms with Crippen molar-refractivity contribution >= 4 is 29.2 Å². The summed E-state index contributed by atoms with van der Waals surface area (Å²) in [6.07, 6.45) is 1.00. The number of nitrogens with one attached hydrogen (secondary N) is 1. The average Bonchev–Trinajstić information content (AvgIpc) is 2.64. The van der Waals surface area contributed by atoms with Crippen molar-refractivity contribution in [1.29, 1.82) is 0 Å². The minimum atomic E-state index is -1.08. The second-order valence-corrected chi connectivity index (χ2v) is 6.41. The molecule has 0 unspecified atom stereocenters. The fourth-order valence-corrected chi connectivity index (χ4v) is 3.14. The molecule has 2 aromatic carbocycles. The van der Waals surface area contributed by atoms with E-state index in [0.717, 1.165) is 11.3 Å². The number of amides is 2. The van der Waals surface area contributed by atoms with Gasteiger partial charge >= 0.3 is 5.97 Å². The zero-order chi connectivity index (χ0) is 19.6. The predicted octanol–water partition coefficient (Wildman–Crippen LogP) is 2.69. The van der Waals surface area contributed by atoms with Crippen LogP contribution in [-0.2, 0) is 22.6 Å². The van der Waals surface area contributed by atoms with Gasteiger partial charge in [-0.1, -0.05) is 0 Å². The standard InChI is InChI=1S/C20H20N2O5/c1-22-17-5-3-14(9-13(17)4-6-18(22)23)19(24)21-16-8-12(11-27-2)7-15(10-16)20(25)26/h3,5,7-10H,4,6,11H2,1-2H3,(H,21,24)(H,25,26). The fraction of sp³-hybridized carbons (Fsp3) is 0.250. The number of benzene rings is 2. The van der Waals surface area contributed by atoms with Crippen LogP contribution in [0.4, 0.5) is 11.4 Å². The van der Waals surface area contributed by atoms with Gasteiger partial charge in [-0.25, -0.2) is 4.79 Å². The zero-order valence-electron chi connectivity index (χ0n) is 15.1. The normalized spacial score (nSPS) is 13.3. The van der Waals surface area contributed by atoms with E-state index in [1.807, 2.05) is 0 Å². The molecule has 0 bridgehead atoms. The number of methoxy groups -OCH3 is 1. The summed E-state index contributed by atoms with van der Waals surface area (Å²) in [6.45, 7) is 0.239. The van der Waals surface area contributed by atoms with Gasteiger partial charge in [0.25, 0.3) is 5.91 Å². The van der Waals surface area contributed by atoms with E-state index in [1.54, 1.807) is 36.2 Å². The van der Waals surface area contributed by atoms with Crippen LogP contribution < -0.4 is 10.2 Å². The van der Waals surface area contributed by atoms with E-state index >= 15 is 0 Å². The van der Waals surface area contributed by atoms with E-state index in [0.29, 0.717) is 29.7 Å². The molecule has 0 spiro atoms. The molecule has 0 fully saturated rings. The number of aromatic carboxylic acids is 1. The van der Waals surface area contributed by atoms with Crippen LogP contribution >= 0.6 is 0 Å². The highest BCUT2D eigenvalue weighted by Gasteiger charge is 2.22. The average molecular weight is 368 g/mol. The van der Waals surface area contributed by atoms with Gasteiger partial charge in [0.15, 0.2) is 0 Å². The number of carbonyl (C=O) groups is 3. The minimum Gasteiger partial charge on any atom is -0.478 e. The predicted molar refractivity (Wildman–Crippen MR) is 100 cm³/mol. The second-order valence-electron chi connectivity index (χ2n) is 6.41. The highest BCUT2D eigenvalue weighted by atomic mass is 16.5. The van der Waals surface area contributed by atoms with Gasteiger partial charge < -0.3 is 20.1 Å². The third kappa shape index (κ3) is 3.98. The van der Waals surface area contributed by atoms with Crippen LogP contribution in [0.25, 0.3) is 0 Å². The maximum absolute atomic E-state index is 12.6. The largest absolute Gasteiger partial charge is 0.478 e. The number of carbonyl (C=O) groups excluding carboxylic acids is 2. The molecule has 0 radical (unpaired) electrons. The number of carboxylic acids is 1. The van der Waals surface area contributed by atoms with Gasteiger partial charge in [-0.15, -0.1) is 0 Å². The molecule has 2 N–H and O–H groups in total. The van der Waals surface area contributed by atoms with Gasteiger partial charge in [0, 0.05) is 37.5 Å². The first-order valence-corrected chi connectivity index (χ1v) is 8.46. The summed E-state index contributed by atoms with van der Waals surface area (Å²) >= 11 is 0. The Hall–Kier alpha value is -3.19. The Balaban J connectivity index is 1.85. The van der Waals surface area contributed by atoms with E-state index in [9.17, 15) is 19.5 Å². The van der Waals surface area contributed by atoms with Crippen LogP contribution in [0.1, 0.15) is 38.3 Å². The monoisotopic (exact) mass is 368 g/mol. The Bertz CT molecular complexity index is 923. The first-order valence-electron chi connectivity index (χ1n) is 8.46. The summed E-state index contributed by atoms with van der Waals surface area (Å²) in [5, 5.41) is 12.0. The number of anilines is 2. The molecule has 2 amide bonds. The molecule has 27 heavy (non-hydrogen) atoms. The fourth-order valence-electron chi connectivity index (χ4n) is 3.14. The van der Waals surface area contributed by atoms with E-state index in [4.69, 9.17) is 4.74 Å². The SMILES string of the molecule is COCc1cc(NC(=O)c2ccc3c(c2)CCC(=O)N3C)cc(C(=O)O)c1. The highest BCUT2D eigenvalue weighted by molar-refractivity contribution is 6.06. The van der Waals surface area contributed by atoms with E-state index in [1.165, 1.54) is 19.2 Å².